The Labute approximate surface area is 163 Å². The van der Waals surface area contributed by atoms with Gasteiger partial charge in [0.1, 0.15) is 5.75 Å². The van der Waals surface area contributed by atoms with Crippen LogP contribution >= 0.6 is 0 Å². The SMILES string of the molecule is Cc1ccc(OCC(=O)N2CCN(c3nc(-c4ccccc4)no3)CC2)cc1. The zero-order chi connectivity index (χ0) is 19.3. The van der Waals surface area contributed by atoms with Crippen LogP contribution in [0.1, 0.15) is 5.56 Å². The lowest BCUT2D eigenvalue weighted by atomic mass is 10.2. The molecule has 0 unspecified atom stereocenters. The Morgan fingerprint density at radius 2 is 1.75 bits per heavy atom. The molecule has 0 bridgehead atoms. The zero-order valence-corrected chi connectivity index (χ0v) is 15.7. The largest absolute Gasteiger partial charge is 0.484 e. The molecule has 2 aromatic carbocycles. The molecule has 1 amide bonds. The third kappa shape index (κ3) is 4.14. The molecular formula is C21H22N4O3. The zero-order valence-electron chi connectivity index (χ0n) is 15.7. The topological polar surface area (TPSA) is 71.7 Å². The molecule has 0 N–H and O–H groups in total. The van der Waals surface area contributed by atoms with E-state index in [0.717, 1.165) is 11.1 Å². The van der Waals surface area contributed by atoms with Crippen molar-refractivity contribution in [3.8, 4) is 17.1 Å². The Kier molecular flexibility index (Phi) is 5.23. The van der Waals surface area contributed by atoms with Gasteiger partial charge in [-0.05, 0) is 19.1 Å². The Morgan fingerprint density at radius 3 is 2.46 bits per heavy atom. The molecule has 7 heteroatoms. The van der Waals surface area contributed by atoms with Crippen LogP contribution in [0.15, 0.2) is 59.1 Å². The van der Waals surface area contributed by atoms with Gasteiger partial charge in [0, 0.05) is 31.7 Å². The Balaban J connectivity index is 1.29. The minimum Gasteiger partial charge on any atom is -0.484 e. The number of nitrogens with zero attached hydrogens (tertiary/aromatic N) is 4. The van der Waals surface area contributed by atoms with E-state index in [2.05, 4.69) is 10.1 Å². The molecular weight excluding hydrogens is 356 g/mol. The van der Waals surface area contributed by atoms with E-state index in [4.69, 9.17) is 9.26 Å². The molecule has 0 atom stereocenters. The number of carbonyl (C=O) groups excluding carboxylic acids is 1. The summed E-state index contributed by atoms with van der Waals surface area (Å²) in [6, 6.07) is 17.9. The van der Waals surface area contributed by atoms with Crippen LogP contribution in [-0.4, -0.2) is 53.7 Å². The second kappa shape index (κ2) is 8.12. The molecule has 0 radical (unpaired) electrons. The maximum atomic E-state index is 12.4. The van der Waals surface area contributed by atoms with Crippen molar-refractivity contribution in [1.29, 1.82) is 0 Å². The van der Waals surface area contributed by atoms with Crippen LogP contribution in [0, 0.1) is 6.92 Å². The Hall–Kier alpha value is -3.35. The fourth-order valence-electron chi connectivity index (χ4n) is 3.07. The van der Waals surface area contributed by atoms with Crippen LogP contribution in [0.5, 0.6) is 5.75 Å². The van der Waals surface area contributed by atoms with Crippen molar-refractivity contribution in [3.05, 3.63) is 60.2 Å². The lowest BCUT2D eigenvalue weighted by Gasteiger charge is -2.33. The van der Waals surface area contributed by atoms with Crippen molar-refractivity contribution >= 4 is 11.9 Å². The fraction of sp³-hybridized carbons (Fsp3) is 0.286. The number of benzene rings is 2. The Bertz CT molecular complexity index is 916. The van der Waals surface area contributed by atoms with Gasteiger partial charge < -0.3 is 19.1 Å². The third-order valence-electron chi connectivity index (χ3n) is 4.73. The summed E-state index contributed by atoms with van der Waals surface area (Å²) >= 11 is 0. The summed E-state index contributed by atoms with van der Waals surface area (Å²) in [4.78, 5) is 20.7. The average molecular weight is 378 g/mol. The lowest BCUT2D eigenvalue weighted by molar-refractivity contribution is -0.133. The van der Waals surface area contributed by atoms with Crippen LogP contribution in [0.25, 0.3) is 11.4 Å². The van der Waals surface area contributed by atoms with Gasteiger partial charge >= 0.3 is 6.01 Å². The minimum atomic E-state index is -0.0178. The van der Waals surface area contributed by atoms with Gasteiger partial charge in [0.05, 0.1) is 0 Å². The number of piperazine rings is 1. The number of hydrogen-bond acceptors (Lipinski definition) is 6. The summed E-state index contributed by atoms with van der Waals surface area (Å²) in [7, 11) is 0. The van der Waals surface area contributed by atoms with Crippen molar-refractivity contribution in [2.75, 3.05) is 37.7 Å². The molecule has 1 aliphatic rings. The monoisotopic (exact) mass is 378 g/mol. The highest BCUT2D eigenvalue weighted by Crippen LogP contribution is 2.20. The smallest absolute Gasteiger partial charge is 0.324 e. The quantitative estimate of drug-likeness (QED) is 0.680. The summed E-state index contributed by atoms with van der Waals surface area (Å²) in [5, 5.41) is 4.06. The number of aryl methyl sites for hydroxylation is 1. The van der Waals surface area contributed by atoms with Crippen LogP contribution in [0.2, 0.25) is 0 Å². The van der Waals surface area contributed by atoms with E-state index in [-0.39, 0.29) is 12.5 Å². The molecule has 2 heterocycles. The summed E-state index contributed by atoms with van der Waals surface area (Å²) in [6.07, 6.45) is 0. The third-order valence-corrected chi connectivity index (χ3v) is 4.73. The van der Waals surface area contributed by atoms with Crippen molar-refractivity contribution < 1.29 is 14.1 Å². The molecule has 1 aromatic heterocycles. The molecule has 1 fully saturated rings. The number of ether oxygens (including phenoxy) is 1. The average Bonchev–Trinajstić information content (AvgIpc) is 3.24. The predicted molar refractivity (Wildman–Crippen MR) is 105 cm³/mol. The van der Waals surface area contributed by atoms with E-state index in [9.17, 15) is 4.79 Å². The van der Waals surface area contributed by atoms with Crippen LogP contribution in [-0.2, 0) is 4.79 Å². The number of amides is 1. The minimum absolute atomic E-state index is 0.0178. The maximum absolute atomic E-state index is 12.4. The normalized spacial score (nSPS) is 14.2. The summed E-state index contributed by atoms with van der Waals surface area (Å²) in [5.74, 6) is 1.26. The molecule has 1 aliphatic heterocycles. The number of aromatic nitrogens is 2. The van der Waals surface area contributed by atoms with Gasteiger partial charge in [-0.15, -0.1) is 0 Å². The molecule has 3 aromatic rings. The molecule has 0 aliphatic carbocycles. The summed E-state index contributed by atoms with van der Waals surface area (Å²) in [5.41, 5.74) is 2.07. The first-order chi connectivity index (χ1) is 13.7. The summed E-state index contributed by atoms with van der Waals surface area (Å²) in [6.45, 7) is 4.54. The summed E-state index contributed by atoms with van der Waals surface area (Å²) < 4.78 is 11.0. The molecule has 28 heavy (non-hydrogen) atoms. The molecule has 0 saturated carbocycles. The first-order valence-corrected chi connectivity index (χ1v) is 9.30. The highest BCUT2D eigenvalue weighted by molar-refractivity contribution is 5.78. The number of carbonyl (C=O) groups is 1. The van der Waals surface area contributed by atoms with Crippen LogP contribution in [0.4, 0.5) is 6.01 Å². The fourth-order valence-corrected chi connectivity index (χ4v) is 3.07. The lowest BCUT2D eigenvalue weighted by Crippen LogP contribution is -2.50. The van der Waals surface area contributed by atoms with E-state index < -0.39 is 0 Å². The van der Waals surface area contributed by atoms with E-state index in [1.807, 2.05) is 66.4 Å². The van der Waals surface area contributed by atoms with Gasteiger partial charge in [-0.25, -0.2) is 0 Å². The molecule has 1 saturated heterocycles. The van der Waals surface area contributed by atoms with E-state index in [0.29, 0.717) is 43.8 Å². The van der Waals surface area contributed by atoms with Gasteiger partial charge in [0.25, 0.3) is 5.91 Å². The predicted octanol–water partition coefficient (Wildman–Crippen LogP) is 2.77. The molecule has 7 nitrogen and oxygen atoms in total. The number of anilines is 1. The molecule has 0 spiro atoms. The molecule has 144 valence electrons. The standard InChI is InChI=1S/C21H22N4O3/c1-16-7-9-18(10-8-16)27-15-19(26)24-11-13-25(14-12-24)21-22-20(23-28-21)17-5-3-2-4-6-17/h2-10H,11-15H2,1H3. The van der Waals surface area contributed by atoms with E-state index in [1.165, 1.54) is 0 Å². The van der Waals surface area contributed by atoms with Gasteiger partial charge in [0.15, 0.2) is 6.61 Å². The van der Waals surface area contributed by atoms with Crippen molar-refractivity contribution in [3.63, 3.8) is 0 Å². The van der Waals surface area contributed by atoms with Gasteiger partial charge in [-0.3, -0.25) is 4.79 Å². The van der Waals surface area contributed by atoms with E-state index >= 15 is 0 Å². The van der Waals surface area contributed by atoms with Crippen molar-refractivity contribution in [1.82, 2.24) is 15.0 Å². The highest BCUT2D eigenvalue weighted by Gasteiger charge is 2.24. The first-order valence-electron chi connectivity index (χ1n) is 9.30. The van der Waals surface area contributed by atoms with Crippen LogP contribution in [0.3, 0.4) is 0 Å². The number of hydrogen-bond donors (Lipinski definition) is 0. The first kappa shape index (κ1) is 18.0. The highest BCUT2D eigenvalue weighted by atomic mass is 16.5. The Morgan fingerprint density at radius 1 is 1.04 bits per heavy atom. The van der Waals surface area contributed by atoms with Gasteiger partial charge in [0.2, 0.25) is 5.82 Å². The second-order valence-electron chi connectivity index (χ2n) is 6.74. The molecule has 4 rings (SSSR count). The number of rotatable bonds is 5. The van der Waals surface area contributed by atoms with Gasteiger partial charge in [-0.1, -0.05) is 53.2 Å². The van der Waals surface area contributed by atoms with Gasteiger partial charge in [-0.2, -0.15) is 4.98 Å². The van der Waals surface area contributed by atoms with E-state index in [1.54, 1.807) is 4.90 Å². The van der Waals surface area contributed by atoms with Crippen molar-refractivity contribution in [2.45, 2.75) is 6.92 Å². The second-order valence-corrected chi connectivity index (χ2v) is 6.74. The van der Waals surface area contributed by atoms with Crippen molar-refractivity contribution in [2.24, 2.45) is 0 Å². The maximum Gasteiger partial charge on any atom is 0.324 e. The van der Waals surface area contributed by atoms with Crippen LogP contribution < -0.4 is 9.64 Å².